The van der Waals surface area contributed by atoms with Gasteiger partial charge in [-0.3, -0.25) is 4.79 Å². The van der Waals surface area contributed by atoms with Crippen molar-refractivity contribution in [3.05, 3.63) is 27.5 Å². The zero-order valence-corrected chi connectivity index (χ0v) is 26.0. The van der Waals surface area contributed by atoms with E-state index in [1.54, 1.807) is 17.9 Å². The standard InChI is InChI=1S/C30H41NO6S.C2H6O/c1-20-5-7-21(8-6-20)27(32)31(25-17-24(11-13-29(2,3)4)38-26(25)28(33)34)22-9-14-30(35,15-10-22)19-37-23-12-16-36-18-23;1-2-3/h5,17,21-23,35H,6-10,12,14-16,18-19H2,1-4H3,(H,33,34);3H,2H2,1H3/t21-,22?,23-,30?;/m0./s1. The molecule has 2 heterocycles. The number of ether oxygens (including phenoxy) is 2. The van der Waals surface area contributed by atoms with Crippen LogP contribution < -0.4 is 4.90 Å². The maximum Gasteiger partial charge on any atom is 0.348 e. The SMILES string of the molecule is CC1=CC[C@H](C(=O)N(c2cc(C#CC(C)(C)C)sc2C(=O)O)C2CCC(O)(CO[C@H]3CCOC3)CC2)CC1.CCO. The monoisotopic (exact) mass is 589 g/mol. The zero-order valence-electron chi connectivity index (χ0n) is 25.2. The number of hydrogen-bond donors (Lipinski definition) is 3. The van der Waals surface area contributed by atoms with Gasteiger partial charge < -0.3 is 29.7 Å². The molecule has 1 saturated carbocycles. The molecule has 1 saturated heterocycles. The third-order valence-electron chi connectivity index (χ3n) is 7.68. The third-order valence-corrected chi connectivity index (χ3v) is 8.71. The Bertz CT molecular complexity index is 1130. The van der Waals surface area contributed by atoms with E-state index in [1.807, 2.05) is 20.8 Å². The summed E-state index contributed by atoms with van der Waals surface area (Å²) in [6.07, 6.45) is 7.41. The van der Waals surface area contributed by atoms with Crippen molar-refractivity contribution in [3.8, 4) is 11.8 Å². The van der Waals surface area contributed by atoms with E-state index in [2.05, 4.69) is 24.8 Å². The summed E-state index contributed by atoms with van der Waals surface area (Å²) < 4.78 is 11.3. The first kappa shape index (κ1) is 33.3. The van der Waals surface area contributed by atoms with Crippen LogP contribution in [-0.4, -0.2) is 71.4 Å². The number of thiophene rings is 1. The highest BCUT2D eigenvalue weighted by Gasteiger charge is 2.41. The number of carbonyl (C=O) groups excluding carboxylic acids is 1. The lowest BCUT2D eigenvalue weighted by Gasteiger charge is -2.42. The molecule has 1 amide bonds. The van der Waals surface area contributed by atoms with Crippen molar-refractivity contribution in [2.75, 3.05) is 31.3 Å². The van der Waals surface area contributed by atoms with E-state index in [9.17, 15) is 19.8 Å². The first-order valence-electron chi connectivity index (χ1n) is 14.8. The number of aromatic carboxylic acids is 1. The van der Waals surface area contributed by atoms with Crippen LogP contribution >= 0.6 is 11.3 Å². The maximum atomic E-state index is 14.0. The van der Waals surface area contributed by atoms with Crippen LogP contribution in [0.2, 0.25) is 0 Å². The van der Waals surface area contributed by atoms with Crippen molar-refractivity contribution in [1.29, 1.82) is 0 Å². The first-order chi connectivity index (χ1) is 19.4. The fourth-order valence-electron chi connectivity index (χ4n) is 5.37. The Morgan fingerprint density at radius 2 is 1.90 bits per heavy atom. The molecule has 0 bridgehead atoms. The molecule has 8 nitrogen and oxygen atoms in total. The van der Waals surface area contributed by atoms with Crippen molar-refractivity contribution < 1.29 is 34.4 Å². The fraction of sp³-hybridized carbons (Fsp3) is 0.688. The Balaban J connectivity index is 0.00000147. The smallest absolute Gasteiger partial charge is 0.348 e. The van der Waals surface area contributed by atoms with Gasteiger partial charge in [-0.25, -0.2) is 4.79 Å². The minimum absolute atomic E-state index is 0.0224. The lowest BCUT2D eigenvalue weighted by molar-refractivity contribution is -0.124. The summed E-state index contributed by atoms with van der Waals surface area (Å²) in [5.74, 6) is 5.05. The number of carbonyl (C=O) groups is 2. The largest absolute Gasteiger partial charge is 0.477 e. The second-order valence-electron chi connectivity index (χ2n) is 12.4. The molecule has 3 aliphatic rings. The molecule has 2 aliphatic carbocycles. The maximum absolute atomic E-state index is 14.0. The Labute approximate surface area is 248 Å². The van der Waals surface area contributed by atoms with Gasteiger partial charge in [-0.05, 0) is 92.1 Å². The van der Waals surface area contributed by atoms with Gasteiger partial charge in [0.05, 0.1) is 35.5 Å². The second kappa shape index (κ2) is 14.8. The van der Waals surface area contributed by atoms with Gasteiger partial charge in [-0.2, -0.15) is 0 Å². The van der Waals surface area contributed by atoms with Crippen molar-refractivity contribution in [1.82, 2.24) is 0 Å². The lowest BCUT2D eigenvalue weighted by Crippen LogP contribution is -2.50. The molecule has 9 heteroatoms. The Morgan fingerprint density at radius 1 is 1.22 bits per heavy atom. The number of anilines is 1. The summed E-state index contributed by atoms with van der Waals surface area (Å²) in [5, 5.41) is 28.9. The highest BCUT2D eigenvalue weighted by Crippen LogP contribution is 2.40. The fourth-order valence-corrected chi connectivity index (χ4v) is 6.21. The van der Waals surface area contributed by atoms with Crippen LogP contribution in [0.5, 0.6) is 0 Å². The van der Waals surface area contributed by atoms with Gasteiger partial charge in [0.25, 0.3) is 0 Å². The quantitative estimate of drug-likeness (QED) is 0.288. The number of rotatable bonds is 7. The third kappa shape index (κ3) is 9.65. The minimum Gasteiger partial charge on any atom is -0.477 e. The van der Waals surface area contributed by atoms with E-state index in [0.717, 1.165) is 30.6 Å². The zero-order chi connectivity index (χ0) is 30.2. The van der Waals surface area contributed by atoms with Gasteiger partial charge >= 0.3 is 5.97 Å². The summed E-state index contributed by atoms with van der Waals surface area (Å²) in [6, 6.07) is 1.58. The van der Waals surface area contributed by atoms with Crippen LogP contribution in [0.25, 0.3) is 0 Å². The van der Waals surface area contributed by atoms with Crippen LogP contribution in [0.4, 0.5) is 5.69 Å². The average Bonchev–Trinajstić information content (AvgIpc) is 3.59. The van der Waals surface area contributed by atoms with Gasteiger partial charge in [0.15, 0.2) is 0 Å². The highest BCUT2D eigenvalue weighted by molar-refractivity contribution is 7.15. The number of nitrogens with zero attached hydrogens (tertiary/aromatic N) is 1. The Hall–Kier alpha value is -2.22. The van der Waals surface area contributed by atoms with Gasteiger partial charge in [-0.15, -0.1) is 11.3 Å². The molecule has 3 N–H and O–H groups in total. The number of carboxylic acids is 1. The molecule has 1 aromatic rings. The summed E-state index contributed by atoms with van der Waals surface area (Å²) in [7, 11) is 0. The predicted molar refractivity (Wildman–Crippen MR) is 161 cm³/mol. The van der Waals surface area contributed by atoms with E-state index in [4.69, 9.17) is 14.6 Å². The summed E-state index contributed by atoms with van der Waals surface area (Å²) in [5.41, 5.74) is 0.548. The number of aliphatic hydroxyl groups excluding tert-OH is 1. The molecule has 41 heavy (non-hydrogen) atoms. The summed E-state index contributed by atoms with van der Waals surface area (Å²) >= 11 is 1.13. The summed E-state index contributed by atoms with van der Waals surface area (Å²) in [4.78, 5) is 28.9. The molecule has 228 valence electrons. The molecule has 0 radical (unpaired) electrons. The van der Waals surface area contributed by atoms with Crippen LogP contribution in [-0.2, 0) is 14.3 Å². The van der Waals surface area contributed by atoms with Crippen LogP contribution in [0, 0.1) is 23.2 Å². The molecular formula is C32H47NO7S. The van der Waals surface area contributed by atoms with Gasteiger partial charge in [-0.1, -0.05) is 23.5 Å². The number of carboxylic acid groups (broad SMARTS) is 1. The molecule has 4 rings (SSSR count). The minimum atomic E-state index is -1.05. The molecule has 0 spiro atoms. The van der Waals surface area contributed by atoms with Crippen molar-refractivity contribution >= 4 is 28.9 Å². The normalized spacial score (nSPS) is 26.2. The number of amides is 1. The van der Waals surface area contributed by atoms with Gasteiger partial charge in [0.1, 0.15) is 4.88 Å². The van der Waals surface area contributed by atoms with E-state index < -0.39 is 11.6 Å². The predicted octanol–water partition coefficient (Wildman–Crippen LogP) is 5.40. The van der Waals surface area contributed by atoms with E-state index in [-0.39, 0.29) is 47.5 Å². The Kier molecular flexibility index (Phi) is 12.0. The molecule has 1 aromatic heterocycles. The van der Waals surface area contributed by atoms with Crippen molar-refractivity contribution in [2.24, 2.45) is 11.3 Å². The summed E-state index contributed by atoms with van der Waals surface area (Å²) in [6.45, 7) is 11.5. The van der Waals surface area contributed by atoms with E-state index in [0.29, 0.717) is 55.9 Å². The number of aliphatic hydroxyl groups is 2. The lowest BCUT2D eigenvalue weighted by atomic mass is 9.81. The van der Waals surface area contributed by atoms with Crippen LogP contribution in [0.15, 0.2) is 17.7 Å². The van der Waals surface area contributed by atoms with Gasteiger partial charge in [0, 0.05) is 30.6 Å². The van der Waals surface area contributed by atoms with Crippen molar-refractivity contribution in [3.63, 3.8) is 0 Å². The molecular weight excluding hydrogens is 542 g/mol. The highest BCUT2D eigenvalue weighted by atomic mass is 32.1. The van der Waals surface area contributed by atoms with E-state index >= 15 is 0 Å². The Morgan fingerprint density at radius 3 is 2.44 bits per heavy atom. The molecule has 1 aliphatic heterocycles. The molecule has 0 unspecified atom stereocenters. The molecule has 2 fully saturated rings. The van der Waals surface area contributed by atoms with Crippen molar-refractivity contribution in [2.45, 2.75) is 104 Å². The molecule has 0 aromatic carbocycles. The number of hydrogen-bond acceptors (Lipinski definition) is 7. The second-order valence-corrected chi connectivity index (χ2v) is 13.5. The van der Waals surface area contributed by atoms with E-state index in [1.165, 1.54) is 5.57 Å². The average molecular weight is 590 g/mol. The number of allylic oxidation sites excluding steroid dienone is 2. The molecule has 2 atom stereocenters. The topological polar surface area (TPSA) is 117 Å². The van der Waals surface area contributed by atoms with Gasteiger partial charge in [0.2, 0.25) is 5.91 Å². The van der Waals surface area contributed by atoms with Crippen LogP contribution in [0.1, 0.15) is 101 Å². The first-order valence-corrected chi connectivity index (χ1v) is 15.6. The van der Waals surface area contributed by atoms with Crippen LogP contribution in [0.3, 0.4) is 0 Å².